The highest BCUT2D eigenvalue weighted by atomic mass is 35.5. The fourth-order valence-electron chi connectivity index (χ4n) is 4.32. The Morgan fingerprint density at radius 1 is 1.18 bits per heavy atom. The lowest BCUT2D eigenvalue weighted by atomic mass is 10.1. The normalized spacial score (nSPS) is 13.6. The van der Waals surface area contributed by atoms with Crippen molar-refractivity contribution in [2.45, 2.75) is 64.3 Å². The number of hydrogen-bond donors (Lipinski definition) is 4. The molecule has 1 heterocycles. The van der Waals surface area contributed by atoms with E-state index < -0.39 is 27.9 Å². The van der Waals surface area contributed by atoms with E-state index in [2.05, 4.69) is 29.0 Å². The third-order valence-electron chi connectivity index (χ3n) is 6.64. The number of nitrogens with zero attached hydrogens (tertiary/aromatic N) is 3. The van der Waals surface area contributed by atoms with Gasteiger partial charge in [0.15, 0.2) is 0 Å². The number of aromatic nitrogens is 1. The second kappa shape index (κ2) is 17.2. The Morgan fingerprint density at radius 2 is 1.90 bits per heavy atom. The molecule has 0 fully saturated rings. The van der Waals surface area contributed by atoms with Gasteiger partial charge in [0.05, 0.1) is 17.8 Å². The van der Waals surface area contributed by atoms with E-state index in [1.807, 2.05) is 13.0 Å². The van der Waals surface area contributed by atoms with E-state index in [0.29, 0.717) is 16.2 Å². The van der Waals surface area contributed by atoms with Crippen molar-refractivity contribution in [3.05, 3.63) is 35.5 Å². The SMILES string of the molecule is CCN(CC)CCCC(C)N(C(=O)OCCCC(=O)NCCC(PO)P(=O)(O)O)c1ccnc2cc(Cl)ccc12. The van der Waals surface area contributed by atoms with Crippen LogP contribution in [-0.2, 0) is 14.1 Å². The van der Waals surface area contributed by atoms with Crippen molar-refractivity contribution >= 4 is 56.6 Å². The molecule has 14 heteroatoms. The number of nitrogens with one attached hydrogen (secondary N) is 1. The monoisotopic (exact) mass is 618 g/mol. The predicted molar refractivity (Wildman–Crippen MR) is 160 cm³/mol. The van der Waals surface area contributed by atoms with Crippen molar-refractivity contribution in [3.8, 4) is 0 Å². The van der Waals surface area contributed by atoms with Gasteiger partial charge in [-0.05, 0) is 76.5 Å². The van der Waals surface area contributed by atoms with E-state index in [9.17, 15) is 23.9 Å². The summed E-state index contributed by atoms with van der Waals surface area (Å²) < 4.78 is 16.9. The average molecular weight is 619 g/mol. The minimum Gasteiger partial charge on any atom is -0.449 e. The largest absolute Gasteiger partial charge is 0.449 e. The Hall–Kier alpha value is -1.84. The standard InChI is InChI=1S/C26H41ClN4O7P2/c1-4-30(5-2)16-6-8-19(3)31(23-12-14-28-22-18-20(27)10-11-21(22)23)26(33)38-17-7-9-24(32)29-15-13-25(39-34)40(35,36)37/h10-12,14,18-19,25,34,39H,4-9,13,15-17H2,1-3H3,(H,29,32)(H2,35,36,37). The van der Waals surface area contributed by atoms with Crippen molar-refractivity contribution in [3.63, 3.8) is 0 Å². The number of carbonyl (C=O) groups excluding carboxylic acids is 2. The molecule has 0 spiro atoms. The molecule has 3 atom stereocenters. The zero-order valence-corrected chi connectivity index (χ0v) is 25.9. The summed E-state index contributed by atoms with van der Waals surface area (Å²) in [5.74, 6) is -0.333. The number of hydrogen-bond acceptors (Lipinski definition) is 7. The van der Waals surface area contributed by atoms with Crippen LogP contribution in [0.15, 0.2) is 30.5 Å². The van der Waals surface area contributed by atoms with Gasteiger partial charge in [-0.2, -0.15) is 0 Å². The molecule has 0 aliphatic heterocycles. The highest BCUT2D eigenvalue weighted by Crippen LogP contribution is 2.50. The summed E-state index contributed by atoms with van der Waals surface area (Å²) in [6.07, 6.45) is 3.09. The van der Waals surface area contributed by atoms with Gasteiger partial charge in [0.1, 0.15) is 5.40 Å². The average Bonchev–Trinajstić information content (AvgIpc) is 2.91. The van der Waals surface area contributed by atoms with Crippen LogP contribution in [-0.4, -0.2) is 80.8 Å². The molecule has 4 N–H and O–H groups in total. The van der Waals surface area contributed by atoms with Crippen LogP contribution in [0.5, 0.6) is 0 Å². The van der Waals surface area contributed by atoms with Crippen molar-refractivity contribution in [2.24, 2.45) is 0 Å². The number of fused-ring (bicyclic) bond motifs is 1. The maximum atomic E-state index is 13.4. The van der Waals surface area contributed by atoms with Crippen molar-refractivity contribution in [1.29, 1.82) is 0 Å². The van der Waals surface area contributed by atoms with Gasteiger partial charge < -0.3 is 29.6 Å². The van der Waals surface area contributed by atoms with Crippen LogP contribution in [0, 0.1) is 0 Å². The molecule has 1 aromatic heterocycles. The van der Waals surface area contributed by atoms with E-state index in [4.69, 9.17) is 21.2 Å². The molecule has 2 aromatic rings. The molecule has 0 saturated carbocycles. The van der Waals surface area contributed by atoms with E-state index in [1.165, 1.54) is 0 Å². The number of benzene rings is 1. The Morgan fingerprint density at radius 3 is 2.55 bits per heavy atom. The van der Waals surface area contributed by atoms with Gasteiger partial charge in [-0.25, -0.2) is 4.79 Å². The fraction of sp³-hybridized carbons (Fsp3) is 0.577. The lowest BCUT2D eigenvalue weighted by Crippen LogP contribution is -2.40. The van der Waals surface area contributed by atoms with Crippen molar-refractivity contribution in [2.75, 3.05) is 37.7 Å². The van der Waals surface area contributed by atoms with Crippen LogP contribution in [0.25, 0.3) is 10.9 Å². The summed E-state index contributed by atoms with van der Waals surface area (Å²) in [5, 5.41) is 2.71. The lowest BCUT2D eigenvalue weighted by Gasteiger charge is -2.30. The van der Waals surface area contributed by atoms with Gasteiger partial charge in [-0.3, -0.25) is 19.2 Å². The first kappa shape index (κ1) is 34.4. The summed E-state index contributed by atoms with van der Waals surface area (Å²) >= 11 is 6.16. The van der Waals surface area contributed by atoms with Crippen molar-refractivity contribution < 1.29 is 33.6 Å². The summed E-state index contributed by atoms with van der Waals surface area (Å²) in [6, 6.07) is 6.95. The molecular formula is C26H41ClN4O7P2. The fourth-order valence-corrected chi connectivity index (χ4v) is 5.82. The van der Waals surface area contributed by atoms with E-state index in [-0.39, 0.29) is 44.4 Å². The Labute approximate surface area is 242 Å². The van der Waals surface area contributed by atoms with E-state index in [1.54, 1.807) is 29.3 Å². The molecule has 3 unspecified atom stereocenters. The van der Waals surface area contributed by atoms with Gasteiger partial charge in [0, 0.05) is 44.4 Å². The first-order valence-corrected chi connectivity index (χ1v) is 16.5. The third kappa shape index (κ3) is 10.9. The molecule has 0 saturated heterocycles. The van der Waals surface area contributed by atoms with Crippen LogP contribution in [0.2, 0.25) is 5.02 Å². The summed E-state index contributed by atoms with van der Waals surface area (Å²) in [4.78, 5) is 61.4. The van der Waals surface area contributed by atoms with Gasteiger partial charge in [0.25, 0.3) is 0 Å². The number of rotatable bonds is 17. The first-order chi connectivity index (χ1) is 19.0. The molecule has 0 aliphatic carbocycles. The maximum Gasteiger partial charge on any atom is 0.414 e. The van der Waals surface area contributed by atoms with Crippen LogP contribution >= 0.6 is 28.0 Å². The van der Waals surface area contributed by atoms with Crippen LogP contribution < -0.4 is 10.2 Å². The molecule has 2 rings (SSSR count). The highest BCUT2D eigenvalue weighted by molar-refractivity contribution is 7.63. The van der Waals surface area contributed by atoms with Crippen LogP contribution in [0.1, 0.15) is 52.9 Å². The number of anilines is 1. The molecule has 0 bridgehead atoms. The number of ether oxygens (including phenoxy) is 1. The Bertz CT molecular complexity index is 1150. The smallest absolute Gasteiger partial charge is 0.414 e. The third-order valence-corrected chi connectivity index (χ3v) is 9.89. The molecular weight excluding hydrogens is 578 g/mol. The maximum absolute atomic E-state index is 13.4. The quantitative estimate of drug-likeness (QED) is 0.146. The number of halogens is 1. The van der Waals surface area contributed by atoms with Crippen LogP contribution in [0.4, 0.5) is 10.5 Å². The second-order valence-corrected chi connectivity index (χ2v) is 13.1. The first-order valence-electron chi connectivity index (χ1n) is 13.5. The van der Waals surface area contributed by atoms with Gasteiger partial charge in [0.2, 0.25) is 5.91 Å². The molecule has 0 radical (unpaired) electrons. The zero-order valence-electron chi connectivity index (χ0n) is 23.3. The number of pyridine rings is 1. The molecule has 40 heavy (non-hydrogen) atoms. The molecule has 2 amide bonds. The van der Waals surface area contributed by atoms with Crippen molar-refractivity contribution in [1.82, 2.24) is 15.2 Å². The Balaban J connectivity index is 2.01. The molecule has 11 nitrogen and oxygen atoms in total. The molecule has 0 aliphatic rings. The van der Waals surface area contributed by atoms with E-state index >= 15 is 0 Å². The highest BCUT2D eigenvalue weighted by Gasteiger charge is 2.28. The Kier molecular flexibility index (Phi) is 14.8. The zero-order chi connectivity index (χ0) is 29.7. The summed E-state index contributed by atoms with van der Waals surface area (Å²) in [7, 11) is -5.33. The number of carbonyl (C=O) groups is 2. The minimum atomic E-state index is -4.41. The van der Waals surface area contributed by atoms with E-state index in [0.717, 1.165) is 37.9 Å². The second-order valence-electron chi connectivity index (χ2n) is 9.47. The topological polar surface area (TPSA) is 153 Å². The summed E-state index contributed by atoms with van der Waals surface area (Å²) in [6.45, 7) is 9.14. The van der Waals surface area contributed by atoms with Gasteiger partial charge >= 0.3 is 13.7 Å². The molecule has 1 aromatic carbocycles. The lowest BCUT2D eigenvalue weighted by molar-refractivity contribution is -0.121. The van der Waals surface area contributed by atoms with Gasteiger partial charge in [-0.1, -0.05) is 25.4 Å². The molecule has 224 valence electrons. The number of amides is 2. The van der Waals surface area contributed by atoms with Crippen LogP contribution in [0.3, 0.4) is 0 Å². The predicted octanol–water partition coefficient (Wildman–Crippen LogP) is 4.72. The minimum absolute atomic E-state index is 0.0207. The van der Waals surface area contributed by atoms with Gasteiger partial charge in [-0.15, -0.1) is 0 Å². The summed E-state index contributed by atoms with van der Waals surface area (Å²) in [5.41, 5.74) is 1.33.